The highest BCUT2D eigenvalue weighted by molar-refractivity contribution is 6.09. The van der Waals surface area contributed by atoms with E-state index in [9.17, 15) is 9.59 Å². The van der Waals surface area contributed by atoms with Crippen LogP contribution in [0.2, 0.25) is 0 Å². The van der Waals surface area contributed by atoms with Crippen molar-refractivity contribution in [2.24, 2.45) is 5.10 Å². The summed E-state index contributed by atoms with van der Waals surface area (Å²) < 4.78 is 11.6. The summed E-state index contributed by atoms with van der Waals surface area (Å²) in [5.41, 5.74) is 6.54. The number of ether oxygens (including phenoxy) is 1. The Morgan fingerprint density at radius 1 is 1.06 bits per heavy atom. The topological polar surface area (TPSA) is 92.9 Å². The van der Waals surface area contributed by atoms with Crippen LogP contribution in [0.3, 0.4) is 0 Å². The molecule has 4 rings (SSSR count). The molecule has 35 heavy (non-hydrogen) atoms. The summed E-state index contributed by atoms with van der Waals surface area (Å²) >= 11 is 0. The molecular weight excluding hydrogens is 442 g/mol. The summed E-state index contributed by atoms with van der Waals surface area (Å²) in [4.78, 5) is 25.3. The van der Waals surface area contributed by atoms with E-state index < -0.39 is 0 Å². The molecule has 1 aliphatic carbocycles. The second kappa shape index (κ2) is 11.5. The standard InChI is InChI=1S/C28H31N3O4/c1-3-4-17-34-22-15-13-21(14-16-22)29-28(33)27-19(2)26-23(11-8-12-24(26)35-27)30-31-25(32)18-20-9-6-5-7-10-20/h5-7,9-10,13-16H,3-4,8,11-12,17-18H2,1-2H3,(H,29,33)(H,31,32)/b30-23+. The summed E-state index contributed by atoms with van der Waals surface area (Å²) in [6.45, 7) is 4.65. The van der Waals surface area contributed by atoms with Gasteiger partial charge < -0.3 is 14.5 Å². The minimum atomic E-state index is -0.316. The van der Waals surface area contributed by atoms with Gasteiger partial charge in [-0.25, -0.2) is 5.43 Å². The third-order valence-corrected chi connectivity index (χ3v) is 5.93. The molecule has 7 heteroatoms. The number of carbonyl (C=O) groups excluding carboxylic acids is 2. The molecule has 0 fully saturated rings. The Morgan fingerprint density at radius 2 is 1.83 bits per heavy atom. The van der Waals surface area contributed by atoms with Crippen LogP contribution >= 0.6 is 0 Å². The molecule has 2 N–H and O–H groups in total. The molecule has 0 spiro atoms. The van der Waals surface area contributed by atoms with Crippen LogP contribution in [-0.4, -0.2) is 24.1 Å². The van der Waals surface area contributed by atoms with Crippen molar-refractivity contribution < 1.29 is 18.7 Å². The number of aryl methyl sites for hydroxylation is 1. The molecule has 0 atom stereocenters. The Bertz CT molecular complexity index is 1200. The number of unbranched alkanes of at least 4 members (excludes halogenated alkanes) is 1. The second-order valence-corrected chi connectivity index (χ2v) is 8.64. The van der Waals surface area contributed by atoms with Gasteiger partial charge in [0.15, 0.2) is 5.76 Å². The molecule has 0 radical (unpaired) electrons. The number of hydrogen-bond donors (Lipinski definition) is 2. The Hall–Kier alpha value is -3.87. The lowest BCUT2D eigenvalue weighted by molar-refractivity contribution is -0.120. The number of amides is 2. The molecule has 7 nitrogen and oxygen atoms in total. The van der Waals surface area contributed by atoms with Gasteiger partial charge in [-0.05, 0) is 56.0 Å². The van der Waals surface area contributed by atoms with Crippen LogP contribution in [0.4, 0.5) is 5.69 Å². The van der Waals surface area contributed by atoms with Crippen LogP contribution in [0.15, 0.2) is 64.1 Å². The molecule has 182 valence electrons. The van der Waals surface area contributed by atoms with Gasteiger partial charge in [0.1, 0.15) is 11.5 Å². The Kier molecular flexibility index (Phi) is 7.98. The van der Waals surface area contributed by atoms with Gasteiger partial charge in [0.05, 0.1) is 18.7 Å². The van der Waals surface area contributed by atoms with Crippen LogP contribution < -0.4 is 15.5 Å². The van der Waals surface area contributed by atoms with E-state index in [0.717, 1.165) is 59.6 Å². The SMILES string of the molecule is CCCCOc1ccc(NC(=O)c2oc3c(c2C)/C(=N/NC(=O)Cc2ccccc2)CCC3)cc1. The zero-order chi connectivity index (χ0) is 24.6. The van der Waals surface area contributed by atoms with Crippen molar-refractivity contribution in [3.63, 3.8) is 0 Å². The molecule has 0 bridgehead atoms. The summed E-state index contributed by atoms with van der Waals surface area (Å²) in [5, 5.41) is 7.29. The number of rotatable bonds is 9. The molecule has 1 heterocycles. The van der Waals surface area contributed by atoms with Crippen molar-refractivity contribution >= 4 is 23.2 Å². The number of nitrogens with zero attached hydrogens (tertiary/aromatic N) is 1. The fourth-order valence-corrected chi connectivity index (χ4v) is 4.10. The van der Waals surface area contributed by atoms with Gasteiger partial charge in [-0.1, -0.05) is 43.7 Å². The predicted molar refractivity (Wildman–Crippen MR) is 136 cm³/mol. The van der Waals surface area contributed by atoms with Crippen molar-refractivity contribution in [2.75, 3.05) is 11.9 Å². The minimum absolute atomic E-state index is 0.183. The maximum absolute atomic E-state index is 13.0. The summed E-state index contributed by atoms with van der Waals surface area (Å²) in [6.07, 6.45) is 4.61. The van der Waals surface area contributed by atoms with Crippen molar-refractivity contribution in [2.45, 2.75) is 52.4 Å². The van der Waals surface area contributed by atoms with Crippen LogP contribution in [0, 0.1) is 6.92 Å². The first-order valence-electron chi connectivity index (χ1n) is 12.1. The quantitative estimate of drug-likeness (QED) is 0.321. The average Bonchev–Trinajstić information content (AvgIpc) is 3.22. The highest BCUT2D eigenvalue weighted by Crippen LogP contribution is 2.30. The number of furan rings is 1. The minimum Gasteiger partial charge on any atom is -0.494 e. The van der Waals surface area contributed by atoms with Gasteiger partial charge in [0, 0.05) is 23.2 Å². The molecular formula is C28H31N3O4. The molecule has 2 aromatic carbocycles. The van der Waals surface area contributed by atoms with E-state index in [4.69, 9.17) is 9.15 Å². The van der Waals surface area contributed by atoms with Gasteiger partial charge in [-0.2, -0.15) is 5.10 Å². The average molecular weight is 474 g/mol. The zero-order valence-electron chi connectivity index (χ0n) is 20.2. The normalized spacial score (nSPS) is 13.8. The summed E-state index contributed by atoms with van der Waals surface area (Å²) in [5.74, 6) is 1.27. The van der Waals surface area contributed by atoms with E-state index in [1.807, 2.05) is 61.5 Å². The van der Waals surface area contributed by atoms with Crippen molar-refractivity contribution in [1.82, 2.24) is 5.43 Å². The fourth-order valence-electron chi connectivity index (χ4n) is 4.10. The lowest BCUT2D eigenvalue weighted by Crippen LogP contribution is -2.23. The number of carbonyl (C=O) groups is 2. The van der Waals surface area contributed by atoms with Gasteiger partial charge >= 0.3 is 0 Å². The van der Waals surface area contributed by atoms with Gasteiger partial charge in [-0.15, -0.1) is 0 Å². The number of hydrogen-bond acceptors (Lipinski definition) is 5. The zero-order valence-corrected chi connectivity index (χ0v) is 20.2. The van der Waals surface area contributed by atoms with E-state index in [0.29, 0.717) is 18.7 Å². The first-order valence-corrected chi connectivity index (χ1v) is 12.1. The first kappa shape index (κ1) is 24.3. The lowest BCUT2D eigenvalue weighted by atomic mass is 9.93. The second-order valence-electron chi connectivity index (χ2n) is 8.64. The first-order chi connectivity index (χ1) is 17.0. The third-order valence-electron chi connectivity index (χ3n) is 5.93. The van der Waals surface area contributed by atoms with E-state index in [2.05, 4.69) is 22.8 Å². The number of benzene rings is 2. The van der Waals surface area contributed by atoms with Crippen molar-refractivity contribution in [1.29, 1.82) is 0 Å². The van der Waals surface area contributed by atoms with Crippen molar-refractivity contribution in [3.05, 3.63) is 82.8 Å². The van der Waals surface area contributed by atoms with Crippen LogP contribution in [0.1, 0.15) is 65.6 Å². The monoisotopic (exact) mass is 473 g/mol. The molecule has 1 aromatic heterocycles. The smallest absolute Gasteiger partial charge is 0.291 e. The van der Waals surface area contributed by atoms with Gasteiger partial charge in [-0.3, -0.25) is 9.59 Å². The Morgan fingerprint density at radius 3 is 2.57 bits per heavy atom. The predicted octanol–water partition coefficient (Wildman–Crippen LogP) is 5.42. The lowest BCUT2D eigenvalue weighted by Gasteiger charge is -2.13. The molecule has 3 aromatic rings. The molecule has 2 amide bonds. The van der Waals surface area contributed by atoms with Gasteiger partial charge in [0.2, 0.25) is 5.91 Å². The maximum Gasteiger partial charge on any atom is 0.291 e. The fraction of sp³-hybridized carbons (Fsp3) is 0.321. The maximum atomic E-state index is 13.0. The van der Waals surface area contributed by atoms with Crippen LogP contribution in [-0.2, 0) is 17.6 Å². The van der Waals surface area contributed by atoms with E-state index in [1.54, 1.807) is 0 Å². The van der Waals surface area contributed by atoms with E-state index in [1.165, 1.54) is 0 Å². The summed E-state index contributed by atoms with van der Waals surface area (Å²) in [6, 6.07) is 16.8. The molecule has 1 aliphatic rings. The van der Waals surface area contributed by atoms with Gasteiger partial charge in [0.25, 0.3) is 5.91 Å². The van der Waals surface area contributed by atoms with Crippen molar-refractivity contribution in [3.8, 4) is 5.75 Å². The van der Waals surface area contributed by atoms with E-state index >= 15 is 0 Å². The van der Waals surface area contributed by atoms with Crippen LogP contribution in [0.5, 0.6) is 5.75 Å². The highest BCUT2D eigenvalue weighted by atomic mass is 16.5. The Balaban J connectivity index is 1.43. The molecule has 0 saturated heterocycles. The highest BCUT2D eigenvalue weighted by Gasteiger charge is 2.28. The molecule has 0 saturated carbocycles. The number of nitrogens with one attached hydrogen (secondary N) is 2. The number of anilines is 1. The van der Waals surface area contributed by atoms with Crippen LogP contribution in [0.25, 0.3) is 0 Å². The summed E-state index contributed by atoms with van der Waals surface area (Å²) in [7, 11) is 0. The Labute approximate surface area is 205 Å². The number of fused-ring (bicyclic) bond motifs is 1. The molecule has 0 aliphatic heterocycles. The van der Waals surface area contributed by atoms with E-state index in [-0.39, 0.29) is 24.0 Å². The largest absolute Gasteiger partial charge is 0.494 e. The molecule has 0 unspecified atom stereocenters. The number of hydrazone groups is 1. The third kappa shape index (κ3) is 6.18.